The lowest BCUT2D eigenvalue weighted by Crippen LogP contribution is -2.22. The fourth-order valence-corrected chi connectivity index (χ4v) is 4.64. The van der Waals surface area contributed by atoms with Crippen molar-refractivity contribution in [2.24, 2.45) is 0 Å². The lowest BCUT2D eigenvalue weighted by molar-refractivity contribution is -0.121. The van der Waals surface area contributed by atoms with Crippen LogP contribution >= 0.6 is 35.6 Å². The Balaban J connectivity index is 1.69. The van der Waals surface area contributed by atoms with E-state index >= 15 is 0 Å². The highest BCUT2D eigenvalue weighted by molar-refractivity contribution is 8.26. The number of halogens is 1. The number of nitrogens with zero attached hydrogens (tertiary/aromatic N) is 1. The van der Waals surface area contributed by atoms with E-state index in [0.29, 0.717) is 43.9 Å². The summed E-state index contributed by atoms with van der Waals surface area (Å²) in [5, 5.41) is 0.371. The molecule has 1 fully saturated rings. The summed E-state index contributed by atoms with van der Waals surface area (Å²) in [5.41, 5.74) is 1.81. The number of benzene rings is 2. The van der Waals surface area contributed by atoms with Gasteiger partial charge in [0.2, 0.25) is 0 Å². The maximum Gasteiger partial charge on any atom is 0.265 e. The molecule has 180 valence electrons. The molecule has 3 rings (SSSR count). The third kappa shape index (κ3) is 6.25. The first-order valence-corrected chi connectivity index (χ1v) is 12.2. The van der Waals surface area contributed by atoms with Gasteiger partial charge in [-0.15, -0.1) is 6.58 Å². The second kappa shape index (κ2) is 12.1. The normalized spacial score (nSPS) is 14.5. The van der Waals surface area contributed by atoms with Gasteiger partial charge in [0, 0.05) is 7.05 Å². The number of carbonyl (C=O) groups is 1. The third-order valence-corrected chi connectivity index (χ3v) is 6.58. The predicted molar refractivity (Wildman–Crippen MR) is 141 cm³/mol. The smallest absolute Gasteiger partial charge is 0.265 e. The molecule has 2 aromatic rings. The summed E-state index contributed by atoms with van der Waals surface area (Å²) in [6.07, 6.45) is 4.33. The van der Waals surface area contributed by atoms with E-state index in [1.54, 1.807) is 32.4 Å². The van der Waals surface area contributed by atoms with Crippen LogP contribution in [0.4, 0.5) is 0 Å². The van der Waals surface area contributed by atoms with Crippen molar-refractivity contribution in [3.05, 3.63) is 64.0 Å². The van der Waals surface area contributed by atoms with E-state index in [9.17, 15) is 4.79 Å². The van der Waals surface area contributed by atoms with Gasteiger partial charge in [0.1, 0.15) is 17.5 Å². The third-order valence-electron chi connectivity index (χ3n) is 4.81. The number of thioether (sulfide) groups is 1. The van der Waals surface area contributed by atoms with Crippen LogP contribution in [0.15, 0.2) is 47.9 Å². The van der Waals surface area contributed by atoms with Crippen LogP contribution in [0.2, 0.25) is 5.02 Å². The molecule has 1 amide bonds. The van der Waals surface area contributed by atoms with Gasteiger partial charge in [-0.25, -0.2) is 0 Å². The van der Waals surface area contributed by atoms with Crippen LogP contribution in [-0.2, 0) is 11.2 Å². The maximum absolute atomic E-state index is 12.3. The van der Waals surface area contributed by atoms with Crippen LogP contribution in [-0.4, -0.2) is 49.1 Å². The number of ether oxygens (including phenoxy) is 4. The molecule has 0 atom stereocenters. The summed E-state index contributed by atoms with van der Waals surface area (Å²) < 4.78 is 23.4. The molecule has 1 aliphatic heterocycles. The molecule has 0 radical (unpaired) electrons. The topological polar surface area (TPSA) is 57.2 Å². The van der Waals surface area contributed by atoms with Crippen molar-refractivity contribution < 1.29 is 23.7 Å². The van der Waals surface area contributed by atoms with Crippen LogP contribution in [0.5, 0.6) is 23.0 Å². The number of methoxy groups -OCH3 is 1. The van der Waals surface area contributed by atoms with Gasteiger partial charge in [0.05, 0.1) is 23.6 Å². The first kappa shape index (κ1) is 25.9. The molecule has 2 aromatic carbocycles. The van der Waals surface area contributed by atoms with Gasteiger partial charge in [-0.2, -0.15) is 0 Å². The zero-order chi connectivity index (χ0) is 24.7. The molecule has 6 nitrogen and oxygen atoms in total. The molecule has 0 bridgehead atoms. The highest BCUT2D eigenvalue weighted by atomic mass is 35.5. The molecule has 9 heteroatoms. The molecule has 0 N–H and O–H groups in total. The van der Waals surface area contributed by atoms with E-state index in [2.05, 4.69) is 6.58 Å². The molecular formula is C25H26ClNO5S2. The first-order valence-electron chi connectivity index (χ1n) is 10.6. The minimum atomic E-state index is -0.144. The van der Waals surface area contributed by atoms with E-state index < -0.39 is 0 Å². The van der Waals surface area contributed by atoms with E-state index in [-0.39, 0.29) is 19.1 Å². The lowest BCUT2D eigenvalue weighted by Gasteiger charge is -2.16. The van der Waals surface area contributed by atoms with E-state index in [1.165, 1.54) is 16.7 Å². The zero-order valence-corrected chi connectivity index (χ0v) is 21.6. The number of thiocarbonyl (C=S) groups is 1. The highest BCUT2D eigenvalue weighted by Crippen LogP contribution is 2.39. The first-order chi connectivity index (χ1) is 16.4. The van der Waals surface area contributed by atoms with Crippen molar-refractivity contribution in [1.82, 2.24) is 4.90 Å². The number of carbonyl (C=O) groups excluding carboxylic acids is 1. The van der Waals surface area contributed by atoms with Crippen molar-refractivity contribution in [3.63, 3.8) is 0 Å². The Kier molecular flexibility index (Phi) is 9.27. The van der Waals surface area contributed by atoms with Crippen molar-refractivity contribution in [2.45, 2.75) is 13.3 Å². The van der Waals surface area contributed by atoms with Crippen molar-refractivity contribution in [3.8, 4) is 23.0 Å². The molecule has 34 heavy (non-hydrogen) atoms. The summed E-state index contributed by atoms with van der Waals surface area (Å²) in [7, 11) is 3.26. The Labute approximate surface area is 214 Å². The molecule has 0 aliphatic carbocycles. The Bertz CT molecular complexity index is 1120. The molecule has 0 saturated carbocycles. The Morgan fingerprint density at radius 2 is 1.88 bits per heavy atom. The van der Waals surface area contributed by atoms with Crippen molar-refractivity contribution in [2.75, 3.05) is 34.0 Å². The lowest BCUT2D eigenvalue weighted by atomic mass is 10.1. The van der Waals surface area contributed by atoms with Gasteiger partial charge in [-0.1, -0.05) is 47.7 Å². The molecule has 0 spiro atoms. The SMILES string of the molecule is C=CCc1ccc(OCCOc2c(Cl)cc(/C=C3\SC(=S)N(C)C3=O)cc2OCC)c(OC)c1. The number of hydrogen-bond donors (Lipinski definition) is 0. The fraction of sp³-hybridized carbons (Fsp3) is 0.280. The molecular weight excluding hydrogens is 494 g/mol. The Hall–Kier alpha value is -2.68. The van der Waals surface area contributed by atoms with Gasteiger partial charge < -0.3 is 18.9 Å². The molecule has 0 unspecified atom stereocenters. The minimum absolute atomic E-state index is 0.144. The fourth-order valence-electron chi connectivity index (χ4n) is 3.19. The number of allylic oxidation sites excluding steroid dienone is 1. The summed E-state index contributed by atoms with van der Waals surface area (Å²) in [6, 6.07) is 9.27. The monoisotopic (exact) mass is 519 g/mol. The standard InChI is InChI=1S/C25H26ClNO5S2/c1-5-7-16-8-9-19(20(13-16)29-4)31-10-11-32-23-18(26)12-17(14-21(23)30-6-2)15-22-24(28)27(3)25(33)34-22/h5,8-9,12-15H,1,6-7,10-11H2,2-4H3/b22-15-. The summed E-state index contributed by atoms with van der Waals surface area (Å²) in [4.78, 5) is 14.3. The van der Waals surface area contributed by atoms with Crippen LogP contribution in [0.3, 0.4) is 0 Å². The van der Waals surface area contributed by atoms with Crippen LogP contribution in [0.25, 0.3) is 6.08 Å². The second-order valence-electron chi connectivity index (χ2n) is 7.18. The van der Waals surface area contributed by atoms with Crippen LogP contribution < -0.4 is 18.9 Å². The van der Waals surface area contributed by atoms with Gasteiger partial charge in [0.15, 0.2) is 23.0 Å². The number of rotatable bonds is 11. The molecule has 1 saturated heterocycles. The van der Waals surface area contributed by atoms with Crippen molar-refractivity contribution in [1.29, 1.82) is 0 Å². The summed E-state index contributed by atoms with van der Waals surface area (Å²) in [5.74, 6) is 2.03. The maximum atomic E-state index is 12.3. The average Bonchev–Trinajstić information content (AvgIpc) is 3.05. The van der Waals surface area contributed by atoms with Crippen LogP contribution in [0, 0.1) is 0 Å². The van der Waals surface area contributed by atoms with Gasteiger partial charge in [-0.3, -0.25) is 9.69 Å². The summed E-state index contributed by atoms with van der Waals surface area (Å²) >= 11 is 12.9. The highest BCUT2D eigenvalue weighted by Gasteiger charge is 2.28. The number of amides is 1. The van der Waals surface area contributed by atoms with E-state index in [4.69, 9.17) is 42.8 Å². The molecule has 1 aliphatic rings. The second-order valence-corrected chi connectivity index (χ2v) is 9.26. The quantitative estimate of drug-likeness (QED) is 0.162. The van der Waals surface area contributed by atoms with Crippen LogP contribution in [0.1, 0.15) is 18.1 Å². The van der Waals surface area contributed by atoms with Gasteiger partial charge >= 0.3 is 0 Å². The van der Waals surface area contributed by atoms with E-state index in [0.717, 1.165) is 17.5 Å². The molecule has 1 heterocycles. The number of hydrogen-bond acceptors (Lipinski definition) is 7. The Morgan fingerprint density at radius 3 is 2.53 bits per heavy atom. The predicted octanol–water partition coefficient (Wildman–Crippen LogP) is 5.76. The van der Waals surface area contributed by atoms with E-state index in [1.807, 2.05) is 31.2 Å². The van der Waals surface area contributed by atoms with Crippen molar-refractivity contribution >= 4 is 51.9 Å². The molecule has 0 aromatic heterocycles. The zero-order valence-electron chi connectivity index (χ0n) is 19.3. The van der Waals surface area contributed by atoms with Gasteiger partial charge in [-0.05, 0) is 54.8 Å². The summed E-state index contributed by atoms with van der Waals surface area (Å²) in [6.45, 7) is 6.58. The Morgan fingerprint density at radius 1 is 1.12 bits per heavy atom. The number of likely N-dealkylation sites (N-methyl/N-ethyl adjacent to an activating group) is 1. The minimum Gasteiger partial charge on any atom is -0.493 e. The average molecular weight is 520 g/mol. The van der Waals surface area contributed by atoms with Gasteiger partial charge in [0.25, 0.3) is 5.91 Å². The largest absolute Gasteiger partial charge is 0.493 e.